The molecule has 1 heterocycles. The minimum Gasteiger partial charge on any atom is -0.489 e. The van der Waals surface area contributed by atoms with Crippen LogP contribution in [0.3, 0.4) is 0 Å². The highest BCUT2D eigenvalue weighted by atomic mass is 19.1. The van der Waals surface area contributed by atoms with Gasteiger partial charge < -0.3 is 29.3 Å². The first-order valence-corrected chi connectivity index (χ1v) is 16.1. The Morgan fingerprint density at radius 2 is 1.64 bits per heavy atom. The van der Waals surface area contributed by atoms with E-state index in [1.54, 1.807) is 39.8 Å². The van der Waals surface area contributed by atoms with E-state index in [1.807, 2.05) is 54.6 Å². The summed E-state index contributed by atoms with van der Waals surface area (Å²) in [6.07, 6.45) is -0.470. The molecule has 5 rings (SSSR count). The highest BCUT2D eigenvalue weighted by Crippen LogP contribution is 2.34. The summed E-state index contributed by atoms with van der Waals surface area (Å²) >= 11 is 0. The molecule has 0 aliphatic heterocycles. The molecule has 2 amide bonds. The van der Waals surface area contributed by atoms with Crippen LogP contribution in [0.4, 0.5) is 13.6 Å². The van der Waals surface area contributed by atoms with E-state index < -0.39 is 29.2 Å². The maximum Gasteiger partial charge on any atom is 0.407 e. The number of carbonyl (C=O) groups is 3. The molecule has 0 saturated carbocycles. The zero-order chi connectivity index (χ0) is 35.8. The summed E-state index contributed by atoms with van der Waals surface area (Å²) in [4.78, 5) is 37.2. The molecule has 0 radical (unpaired) electrons. The Labute approximate surface area is 288 Å². The number of halogens is 2. The van der Waals surface area contributed by atoms with Gasteiger partial charge >= 0.3 is 12.1 Å². The number of amides is 2. The number of para-hydroxylation sites is 1. The molecule has 0 atom stereocenters. The van der Waals surface area contributed by atoms with Crippen LogP contribution in [0, 0.1) is 11.6 Å². The van der Waals surface area contributed by atoms with E-state index in [-0.39, 0.29) is 44.3 Å². The van der Waals surface area contributed by atoms with Gasteiger partial charge in [-0.2, -0.15) is 0 Å². The number of benzene rings is 4. The lowest BCUT2D eigenvalue weighted by Gasteiger charge is -2.19. The Kier molecular flexibility index (Phi) is 11.2. The van der Waals surface area contributed by atoms with Crippen LogP contribution in [0.15, 0.2) is 89.3 Å². The molecule has 0 unspecified atom stereocenters. The van der Waals surface area contributed by atoms with Gasteiger partial charge in [-0.3, -0.25) is 9.59 Å². The van der Waals surface area contributed by atoms with Gasteiger partial charge in [0.25, 0.3) is 5.91 Å². The molecule has 5 aromatic rings. The molecule has 0 fully saturated rings. The van der Waals surface area contributed by atoms with Crippen molar-refractivity contribution < 1.29 is 41.8 Å². The summed E-state index contributed by atoms with van der Waals surface area (Å²) in [6.45, 7) is 7.72. The average molecular weight is 685 g/mol. The predicted molar refractivity (Wildman–Crippen MR) is 183 cm³/mol. The molecule has 2 N–H and O–H groups in total. The molecule has 0 aliphatic carbocycles. The van der Waals surface area contributed by atoms with Gasteiger partial charge in [0.15, 0.2) is 0 Å². The Morgan fingerprint density at radius 1 is 0.840 bits per heavy atom. The number of hydrogen-bond acceptors (Lipinski definition) is 7. The molecule has 0 saturated heterocycles. The van der Waals surface area contributed by atoms with Gasteiger partial charge in [0.05, 0.1) is 25.1 Å². The lowest BCUT2D eigenvalue weighted by Crippen LogP contribution is -2.32. The fourth-order valence-corrected chi connectivity index (χ4v) is 5.25. The summed E-state index contributed by atoms with van der Waals surface area (Å²) in [5, 5.41) is 6.12. The van der Waals surface area contributed by atoms with Gasteiger partial charge in [-0.15, -0.1) is 0 Å². The first-order chi connectivity index (χ1) is 23.9. The van der Waals surface area contributed by atoms with Crippen molar-refractivity contribution in [3.63, 3.8) is 0 Å². The molecule has 0 aliphatic rings. The molecular formula is C39H38F2N2O7. The monoisotopic (exact) mass is 684 g/mol. The minimum absolute atomic E-state index is 0.0588. The van der Waals surface area contributed by atoms with Gasteiger partial charge in [-0.05, 0) is 86.8 Å². The van der Waals surface area contributed by atoms with Crippen molar-refractivity contribution >= 4 is 28.9 Å². The van der Waals surface area contributed by atoms with Crippen LogP contribution in [0.1, 0.15) is 60.5 Å². The normalized spacial score (nSPS) is 11.2. The number of carbonyl (C=O) groups excluding carboxylic acids is 3. The van der Waals surface area contributed by atoms with Crippen LogP contribution in [0.5, 0.6) is 5.75 Å². The van der Waals surface area contributed by atoms with Crippen molar-refractivity contribution in [2.24, 2.45) is 0 Å². The summed E-state index contributed by atoms with van der Waals surface area (Å²) in [5.74, 6) is -1.88. The van der Waals surface area contributed by atoms with Crippen LogP contribution in [0.25, 0.3) is 22.1 Å². The van der Waals surface area contributed by atoms with E-state index in [9.17, 15) is 23.2 Å². The van der Waals surface area contributed by atoms with Crippen LogP contribution < -0.4 is 15.4 Å². The molecule has 260 valence electrons. The van der Waals surface area contributed by atoms with Crippen molar-refractivity contribution in [2.45, 2.75) is 59.4 Å². The minimum atomic E-state index is -0.969. The largest absolute Gasteiger partial charge is 0.489 e. The number of furan rings is 1. The number of hydrogen-bond donors (Lipinski definition) is 2. The average Bonchev–Trinajstić information content (AvgIpc) is 3.48. The number of esters is 1. The summed E-state index contributed by atoms with van der Waals surface area (Å²) in [5.41, 5.74) is 3.42. The quantitative estimate of drug-likeness (QED) is 0.128. The molecule has 50 heavy (non-hydrogen) atoms. The number of alkyl carbamates (subject to hydrolysis) is 1. The summed E-state index contributed by atoms with van der Waals surface area (Å²) in [7, 11) is 0. The van der Waals surface area contributed by atoms with Crippen molar-refractivity contribution in [1.29, 1.82) is 0 Å². The van der Waals surface area contributed by atoms with E-state index >= 15 is 0 Å². The highest BCUT2D eigenvalue weighted by Gasteiger charge is 2.18. The third-order valence-electron chi connectivity index (χ3n) is 7.41. The van der Waals surface area contributed by atoms with Crippen molar-refractivity contribution in [3.05, 3.63) is 125 Å². The molecule has 11 heteroatoms. The van der Waals surface area contributed by atoms with Gasteiger partial charge in [-0.25, -0.2) is 13.6 Å². The molecular weight excluding hydrogens is 646 g/mol. The topological polar surface area (TPSA) is 116 Å². The molecule has 9 nitrogen and oxygen atoms in total. The Balaban J connectivity index is 1.43. The standard InChI is InChI=1S/C39H38F2N2O7/c1-5-47-35(44)19-27-10-6-7-12-34(27)48-23-25-16-28-18-30(22-42-37(45)31-14-13-29(40)20-33(31)41)49-36(28)32(17-25)26-11-8-9-24(15-26)21-43-38(46)50-39(2,3)4/h6-18,20H,5,19,21-23H2,1-4H3,(H,42,45)(H,43,46). The fraction of sp³-hybridized carbons (Fsp3) is 0.256. The second kappa shape index (κ2) is 15.7. The number of nitrogens with one attached hydrogen (secondary N) is 2. The zero-order valence-corrected chi connectivity index (χ0v) is 28.2. The Morgan fingerprint density at radius 3 is 2.40 bits per heavy atom. The van der Waals surface area contributed by atoms with E-state index in [0.29, 0.717) is 28.7 Å². The van der Waals surface area contributed by atoms with Crippen molar-refractivity contribution in [1.82, 2.24) is 10.6 Å². The van der Waals surface area contributed by atoms with E-state index in [4.69, 9.17) is 18.6 Å². The maximum atomic E-state index is 14.2. The lowest BCUT2D eigenvalue weighted by molar-refractivity contribution is -0.142. The molecule has 0 spiro atoms. The Hall–Kier alpha value is -5.71. The van der Waals surface area contributed by atoms with Gasteiger partial charge in [0, 0.05) is 29.1 Å². The first-order valence-electron chi connectivity index (χ1n) is 16.1. The number of fused-ring (bicyclic) bond motifs is 1. The summed E-state index contributed by atoms with van der Waals surface area (Å²) < 4.78 is 50.5. The molecule has 1 aromatic heterocycles. The first kappa shape index (κ1) is 35.6. The van der Waals surface area contributed by atoms with E-state index in [1.165, 1.54) is 0 Å². The second-order valence-electron chi connectivity index (χ2n) is 12.5. The highest BCUT2D eigenvalue weighted by molar-refractivity contribution is 5.95. The smallest absolute Gasteiger partial charge is 0.407 e. The number of ether oxygens (including phenoxy) is 3. The van der Waals surface area contributed by atoms with E-state index in [0.717, 1.165) is 39.8 Å². The third-order valence-corrected chi connectivity index (χ3v) is 7.41. The SMILES string of the molecule is CCOC(=O)Cc1ccccc1OCc1cc(-c2cccc(CNC(=O)OC(C)(C)C)c2)c2oc(CNC(=O)c3ccc(F)cc3F)cc2c1. The molecule has 4 aromatic carbocycles. The van der Waals surface area contributed by atoms with Crippen LogP contribution in [-0.2, 0) is 40.4 Å². The van der Waals surface area contributed by atoms with Crippen LogP contribution in [0.2, 0.25) is 0 Å². The zero-order valence-electron chi connectivity index (χ0n) is 28.2. The van der Waals surface area contributed by atoms with Crippen molar-refractivity contribution in [2.75, 3.05) is 6.61 Å². The van der Waals surface area contributed by atoms with Crippen molar-refractivity contribution in [3.8, 4) is 16.9 Å². The van der Waals surface area contributed by atoms with Gasteiger partial charge in [0.2, 0.25) is 0 Å². The third kappa shape index (κ3) is 9.46. The van der Waals surface area contributed by atoms with Crippen LogP contribution >= 0.6 is 0 Å². The Bertz CT molecular complexity index is 2020. The van der Waals surface area contributed by atoms with Gasteiger partial charge in [0.1, 0.15) is 40.9 Å². The summed E-state index contributed by atoms with van der Waals surface area (Å²) in [6, 6.07) is 23.2. The lowest BCUT2D eigenvalue weighted by atomic mass is 9.99. The second-order valence-corrected chi connectivity index (χ2v) is 12.5. The molecule has 0 bridgehead atoms. The van der Waals surface area contributed by atoms with Crippen LogP contribution in [-0.4, -0.2) is 30.2 Å². The predicted octanol–water partition coefficient (Wildman–Crippen LogP) is 8.02. The van der Waals surface area contributed by atoms with E-state index in [2.05, 4.69) is 10.6 Å². The number of rotatable bonds is 12. The maximum absolute atomic E-state index is 14.2. The fourth-order valence-electron chi connectivity index (χ4n) is 5.25. The van der Waals surface area contributed by atoms with Gasteiger partial charge in [-0.1, -0.05) is 36.4 Å².